The maximum absolute atomic E-state index is 4.44. The Balaban J connectivity index is 1.52. The Morgan fingerprint density at radius 2 is 2.11 bits per heavy atom. The highest BCUT2D eigenvalue weighted by Gasteiger charge is 2.31. The molecule has 3 heterocycles. The molecule has 2 fully saturated rings. The third-order valence-electron chi connectivity index (χ3n) is 4.41. The van der Waals surface area contributed by atoms with E-state index in [9.17, 15) is 0 Å². The molecule has 0 amide bonds. The monoisotopic (exact) mass is 260 g/mol. The molecule has 1 unspecified atom stereocenters. The molecule has 4 heteroatoms. The number of nitrogens with one attached hydrogen (secondary N) is 1. The molecule has 1 N–H and O–H groups in total. The molecule has 1 aromatic heterocycles. The summed E-state index contributed by atoms with van der Waals surface area (Å²) in [6.07, 6.45) is 3.19. The zero-order valence-electron chi connectivity index (χ0n) is 11.8. The molecule has 3 rings (SSSR count). The van der Waals surface area contributed by atoms with Crippen LogP contribution < -0.4 is 10.2 Å². The van der Waals surface area contributed by atoms with Crippen LogP contribution in [0.15, 0.2) is 24.4 Å². The molecule has 1 aromatic rings. The van der Waals surface area contributed by atoms with Gasteiger partial charge in [-0.1, -0.05) is 13.0 Å². The first kappa shape index (κ1) is 12.9. The lowest BCUT2D eigenvalue weighted by atomic mass is 9.89. The standard InChI is InChI=1S/C15H24N4/c1-15(5-7-16-12-15)13-18-8-10-19(11-9-18)14-4-2-3-6-17-14/h2-4,6,16H,5,7-13H2,1H3. The van der Waals surface area contributed by atoms with Gasteiger partial charge in [0.05, 0.1) is 0 Å². The van der Waals surface area contributed by atoms with E-state index >= 15 is 0 Å². The number of rotatable bonds is 3. The molecule has 104 valence electrons. The minimum absolute atomic E-state index is 0.479. The summed E-state index contributed by atoms with van der Waals surface area (Å²) < 4.78 is 0. The van der Waals surface area contributed by atoms with Crippen LogP contribution in [0, 0.1) is 5.41 Å². The van der Waals surface area contributed by atoms with Gasteiger partial charge >= 0.3 is 0 Å². The van der Waals surface area contributed by atoms with Crippen molar-refractivity contribution >= 4 is 5.82 Å². The summed E-state index contributed by atoms with van der Waals surface area (Å²) in [6, 6.07) is 6.16. The highest BCUT2D eigenvalue weighted by molar-refractivity contribution is 5.38. The first-order valence-corrected chi connectivity index (χ1v) is 7.34. The molecule has 2 aliphatic heterocycles. The average molecular weight is 260 g/mol. The minimum atomic E-state index is 0.479. The second kappa shape index (κ2) is 5.47. The van der Waals surface area contributed by atoms with Gasteiger partial charge in [0.15, 0.2) is 0 Å². The van der Waals surface area contributed by atoms with Gasteiger partial charge in [0.25, 0.3) is 0 Å². The molecule has 0 spiro atoms. The second-order valence-electron chi connectivity index (χ2n) is 6.19. The summed E-state index contributed by atoms with van der Waals surface area (Å²) in [4.78, 5) is 9.45. The predicted octanol–water partition coefficient (Wildman–Crippen LogP) is 1.20. The van der Waals surface area contributed by atoms with Crippen LogP contribution in [0.5, 0.6) is 0 Å². The van der Waals surface area contributed by atoms with Crippen molar-refractivity contribution in [1.82, 2.24) is 15.2 Å². The van der Waals surface area contributed by atoms with Gasteiger partial charge in [0, 0.05) is 45.5 Å². The van der Waals surface area contributed by atoms with E-state index in [1.165, 1.54) is 26.1 Å². The molecule has 1 atom stereocenters. The van der Waals surface area contributed by atoms with E-state index in [1.54, 1.807) is 0 Å². The topological polar surface area (TPSA) is 31.4 Å². The fourth-order valence-electron chi connectivity index (χ4n) is 3.22. The van der Waals surface area contributed by atoms with E-state index < -0.39 is 0 Å². The van der Waals surface area contributed by atoms with Crippen LogP contribution >= 0.6 is 0 Å². The van der Waals surface area contributed by atoms with E-state index in [0.29, 0.717) is 5.41 Å². The minimum Gasteiger partial charge on any atom is -0.354 e. The first-order valence-electron chi connectivity index (χ1n) is 7.34. The van der Waals surface area contributed by atoms with Gasteiger partial charge in [-0.2, -0.15) is 0 Å². The van der Waals surface area contributed by atoms with Crippen LogP contribution in [0.25, 0.3) is 0 Å². The number of piperazine rings is 1. The summed E-state index contributed by atoms with van der Waals surface area (Å²) in [7, 11) is 0. The molecule has 2 aliphatic rings. The summed E-state index contributed by atoms with van der Waals surface area (Å²) in [5.74, 6) is 1.12. The van der Waals surface area contributed by atoms with E-state index in [-0.39, 0.29) is 0 Å². The normalized spacial score (nSPS) is 28.8. The van der Waals surface area contributed by atoms with Crippen LogP contribution in [0.4, 0.5) is 5.82 Å². The molecule has 4 nitrogen and oxygen atoms in total. The van der Waals surface area contributed by atoms with Crippen LogP contribution in [0.2, 0.25) is 0 Å². The Morgan fingerprint density at radius 1 is 1.26 bits per heavy atom. The van der Waals surface area contributed by atoms with Crippen molar-refractivity contribution in [2.75, 3.05) is 50.7 Å². The molecule has 2 saturated heterocycles. The van der Waals surface area contributed by atoms with Crippen molar-refractivity contribution in [3.05, 3.63) is 24.4 Å². The number of anilines is 1. The van der Waals surface area contributed by atoms with E-state index in [0.717, 1.165) is 32.0 Å². The van der Waals surface area contributed by atoms with Crippen LogP contribution in [0.1, 0.15) is 13.3 Å². The van der Waals surface area contributed by atoms with Gasteiger partial charge in [-0.25, -0.2) is 4.98 Å². The van der Waals surface area contributed by atoms with E-state index in [2.05, 4.69) is 39.2 Å². The maximum Gasteiger partial charge on any atom is 0.128 e. The largest absolute Gasteiger partial charge is 0.354 e. The second-order valence-corrected chi connectivity index (χ2v) is 6.19. The molecule has 0 bridgehead atoms. The smallest absolute Gasteiger partial charge is 0.128 e. The van der Waals surface area contributed by atoms with Gasteiger partial charge in [-0.15, -0.1) is 0 Å². The summed E-state index contributed by atoms with van der Waals surface area (Å²) in [5, 5.41) is 3.49. The molecule has 0 aliphatic carbocycles. The zero-order valence-corrected chi connectivity index (χ0v) is 11.8. The SMILES string of the molecule is CC1(CN2CCN(c3ccccn3)CC2)CCNC1. The van der Waals surface area contributed by atoms with E-state index in [4.69, 9.17) is 0 Å². The third-order valence-corrected chi connectivity index (χ3v) is 4.41. The molecule has 0 saturated carbocycles. The van der Waals surface area contributed by atoms with Crippen molar-refractivity contribution in [2.24, 2.45) is 5.41 Å². The first-order chi connectivity index (χ1) is 9.25. The maximum atomic E-state index is 4.44. The Morgan fingerprint density at radius 3 is 2.74 bits per heavy atom. The Kier molecular flexibility index (Phi) is 3.71. The van der Waals surface area contributed by atoms with Gasteiger partial charge in [0.2, 0.25) is 0 Å². The average Bonchev–Trinajstić information content (AvgIpc) is 2.87. The van der Waals surface area contributed by atoms with Crippen LogP contribution in [-0.4, -0.2) is 55.7 Å². The molecular formula is C15H24N4. The fourth-order valence-corrected chi connectivity index (χ4v) is 3.22. The van der Waals surface area contributed by atoms with Crippen LogP contribution in [0.3, 0.4) is 0 Å². The summed E-state index contributed by atoms with van der Waals surface area (Å²) in [6.45, 7) is 10.5. The fraction of sp³-hybridized carbons (Fsp3) is 0.667. The molecular weight excluding hydrogens is 236 g/mol. The third kappa shape index (κ3) is 3.07. The number of nitrogens with zero attached hydrogens (tertiary/aromatic N) is 3. The molecule has 0 aromatic carbocycles. The number of hydrogen-bond acceptors (Lipinski definition) is 4. The van der Waals surface area contributed by atoms with Crippen molar-refractivity contribution < 1.29 is 0 Å². The van der Waals surface area contributed by atoms with Gasteiger partial charge < -0.3 is 10.2 Å². The highest BCUT2D eigenvalue weighted by atomic mass is 15.3. The van der Waals surface area contributed by atoms with Crippen LogP contribution in [-0.2, 0) is 0 Å². The lowest BCUT2D eigenvalue weighted by Crippen LogP contribution is -2.50. The Hall–Kier alpha value is -1.13. The molecule has 19 heavy (non-hydrogen) atoms. The number of aromatic nitrogens is 1. The zero-order chi connectivity index (χ0) is 13.1. The van der Waals surface area contributed by atoms with Crippen molar-refractivity contribution in [3.63, 3.8) is 0 Å². The summed E-state index contributed by atoms with van der Waals surface area (Å²) >= 11 is 0. The van der Waals surface area contributed by atoms with E-state index in [1.807, 2.05) is 12.3 Å². The lowest BCUT2D eigenvalue weighted by molar-refractivity contribution is 0.169. The highest BCUT2D eigenvalue weighted by Crippen LogP contribution is 2.26. The summed E-state index contributed by atoms with van der Waals surface area (Å²) in [5.41, 5.74) is 0.479. The lowest BCUT2D eigenvalue weighted by Gasteiger charge is -2.39. The predicted molar refractivity (Wildman–Crippen MR) is 78.5 cm³/mol. The Labute approximate surface area is 115 Å². The quantitative estimate of drug-likeness (QED) is 0.885. The molecule has 0 radical (unpaired) electrons. The van der Waals surface area contributed by atoms with Crippen molar-refractivity contribution in [3.8, 4) is 0 Å². The van der Waals surface area contributed by atoms with Gasteiger partial charge in [-0.05, 0) is 30.5 Å². The van der Waals surface area contributed by atoms with Crippen molar-refractivity contribution in [1.29, 1.82) is 0 Å². The Bertz CT molecular complexity index is 392. The van der Waals surface area contributed by atoms with Gasteiger partial charge in [0.1, 0.15) is 5.82 Å². The number of pyridine rings is 1. The van der Waals surface area contributed by atoms with Gasteiger partial charge in [-0.3, -0.25) is 4.90 Å². The van der Waals surface area contributed by atoms with Crippen molar-refractivity contribution in [2.45, 2.75) is 13.3 Å². The number of hydrogen-bond donors (Lipinski definition) is 1.